The van der Waals surface area contributed by atoms with Crippen molar-refractivity contribution in [3.8, 4) is 5.75 Å². The smallest absolute Gasteiger partial charge is 0.137 e. The molecule has 0 saturated heterocycles. The summed E-state index contributed by atoms with van der Waals surface area (Å²) in [5, 5.41) is 0.248. The molecule has 1 aromatic carbocycles. The summed E-state index contributed by atoms with van der Waals surface area (Å²) in [6.07, 6.45) is 1.54. The zero-order chi connectivity index (χ0) is 17.2. The van der Waals surface area contributed by atoms with Crippen LogP contribution in [0.2, 0.25) is 0 Å². The molecule has 0 aliphatic rings. The van der Waals surface area contributed by atoms with Crippen molar-refractivity contribution in [1.29, 1.82) is 0 Å². The number of thioether (sulfide) groups is 1. The molecule has 0 amide bonds. The standard InChI is InChI=1S/C19H31NO2S/c1-6-15(3)18(21)14-19(23-7-2)16-8-10-17(11-9-16)22-13-12-20(4)5/h8-11,15,19H,6-7,12-14H2,1-5H3. The van der Waals surface area contributed by atoms with Gasteiger partial charge in [0.05, 0.1) is 0 Å². The molecule has 23 heavy (non-hydrogen) atoms. The maximum Gasteiger partial charge on any atom is 0.137 e. The lowest BCUT2D eigenvalue weighted by Gasteiger charge is -2.18. The molecular formula is C19H31NO2S. The highest BCUT2D eigenvalue weighted by Crippen LogP contribution is 2.34. The Kier molecular flexibility index (Phi) is 9.34. The second-order valence-corrected chi connectivity index (χ2v) is 7.62. The summed E-state index contributed by atoms with van der Waals surface area (Å²) in [6.45, 7) is 7.83. The number of ketones is 1. The van der Waals surface area contributed by atoms with Crippen molar-refractivity contribution in [2.45, 2.75) is 38.9 Å². The van der Waals surface area contributed by atoms with Gasteiger partial charge in [0.25, 0.3) is 0 Å². The van der Waals surface area contributed by atoms with Crippen LogP contribution in [0.3, 0.4) is 0 Å². The van der Waals surface area contributed by atoms with Crippen molar-refractivity contribution in [1.82, 2.24) is 4.90 Å². The molecule has 0 aromatic heterocycles. The first-order valence-corrected chi connectivity index (χ1v) is 9.54. The molecule has 0 bridgehead atoms. The first-order valence-electron chi connectivity index (χ1n) is 8.49. The zero-order valence-corrected chi connectivity index (χ0v) is 16.0. The van der Waals surface area contributed by atoms with Gasteiger partial charge in [-0.25, -0.2) is 0 Å². The molecule has 2 unspecified atom stereocenters. The number of carbonyl (C=O) groups is 1. The number of hydrogen-bond acceptors (Lipinski definition) is 4. The third kappa shape index (κ3) is 7.40. The highest BCUT2D eigenvalue weighted by Gasteiger charge is 2.19. The van der Waals surface area contributed by atoms with Crippen LogP contribution in [-0.4, -0.2) is 43.7 Å². The number of benzene rings is 1. The van der Waals surface area contributed by atoms with Crippen LogP contribution in [0.1, 0.15) is 44.4 Å². The molecule has 0 radical (unpaired) electrons. The number of likely N-dealkylation sites (N-methyl/N-ethyl adjacent to an activating group) is 1. The maximum atomic E-state index is 12.3. The van der Waals surface area contributed by atoms with E-state index < -0.39 is 0 Å². The van der Waals surface area contributed by atoms with Crippen molar-refractivity contribution in [2.75, 3.05) is 33.0 Å². The van der Waals surface area contributed by atoms with Crippen LogP contribution in [-0.2, 0) is 4.79 Å². The van der Waals surface area contributed by atoms with E-state index in [-0.39, 0.29) is 11.2 Å². The van der Waals surface area contributed by atoms with E-state index in [1.807, 2.05) is 44.9 Å². The lowest BCUT2D eigenvalue weighted by atomic mass is 9.97. The Balaban J connectivity index is 2.66. The second-order valence-electron chi connectivity index (χ2n) is 6.14. The summed E-state index contributed by atoms with van der Waals surface area (Å²) >= 11 is 1.85. The van der Waals surface area contributed by atoms with Crippen LogP contribution in [0.25, 0.3) is 0 Å². The molecule has 130 valence electrons. The Hall–Kier alpha value is -1.00. The highest BCUT2D eigenvalue weighted by molar-refractivity contribution is 7.99. The molecule has 1 rings (SSSR count). The van der Waals surface area contributed by atoms with Crippen LogP contribution in [0.5, 0.6) is 5.75 Å². The molecule has 0 saturated carbocycles. The van der Waals surface area contributed by atoms with Crippen molar-refractivity contribution in [3.63, 3.8) is 0 Å². The maximum absolute atomic E-state index is 12.3. The number of nitrogens with zero attached hydrogens (tertiary/aromatic N) is 1. The number of hydrogen-bond donors (Lipinski definition) is 0. The van der Waals surface area contributed by atoms with Crippen molar-refractivity contribution in [3.05, 3.63) is 29.8 Å². The molecule has 0 heterocycles. The summed E-state index contributed by atoms with van der Waals surface area (Å²) < 4.78 is 5.73. The van der Waals surface area contributed by atoms with Gasteiger partial charge in [0.2, 0.25) is 0 Å². The Morgan fingerprint density at radius 3 is 2.39 bits per heavy atom. The number of Topliss-reactive ketones (excluding diaryl/α,β-unsaturated/α-hetero) is 1. The van der Waals surface area contributed by atoms with E-state index in [2.05, 4.69) is 30.9 Å². The fraction of sp³-hybridized carbons (Fsp3) is 0.632. The third-order valence-electron chi connectivity index (χ3n) is 3.98. The van der Waals surface area contributed by atoms with Crippen molar-refractivity contribution >= 4 is 17.5 Å². The first kappa shape index (κ1) is 20.0. The first-order chi connectivity index (χ1) is 11.0. The second kappa shape index (κ2) is 10.7. The quantitative estimate of drug-likeness (QED) is 0.597. The molecule has 0 aliphatic carbocycles. The summed E-state index contributed by atoms with van der Waals surface area (Å²) in [5.41, 5.74) is 1.22. The molecule has 0 spiro atoms. The molecule has 2 atom stereocenters. The average Bonchev–Trinajstić information content (AvgIpc) is 2.54. The number of carbonyl (C=O) groups excluding carboxylic acids is 1. The molecule has 4 heteroatoms. The monoisotopic (exact) mass is 337 g/mol. The Morgan fingerprint density at radius 1 is 1.22 bits per heavy atom. The van der Waals surface area contributed by atoms with Gasteiger partial charge in [0.1, 0.15) is 18.1 Å². The normalized spacial score (nSPS) is 13.8. The predicted octanol–water partition coefficient (Wildman–Crippen LogP) is 4.43. The fourth-order valence-corrected chi connectivity index (χ4v) is 3.24. The van der Waals surface area contributed by atoms with Gasteiger partial charge in [-0.1, -0.05) is 32.9 Å². The van der Waals surface area contributed by atoms with Crippen LogP contribution in [0.15, 0.2) is 24.3 Å². The van der Waals surface area contributed by atoms with Gasteiger partial charge in [0.15, 0.2) is 0 Å². The molecule has 1 aromatic rings. The minimum atomic E-state index is 0.156. The summed E-state index contributed by atoms with van der Waals surface area (Å²) in [6, 6.07) is 8.23. The minimum Gasteiger partial charge on any atom is -0.492 e. The zero-order valence-electron chi connectivity index (χ0n) is 15.2. The Morgan fingerprint density at radius 2 is 1.87 bits per heavy atom. The summed E-state index contributed by atoms with van der Waals surface area (Å²) in [5.74, 6) is 2.43. The average molecular weight is 338 g/mol. The fourth-order valence-electron chi connectivity index (χ4n) is 2.21. The lowest BCUT2D eigenvalue weighted by Crippen LogP contribution is -2.19. The third-order valence-corrected chi connectivity index (χ3v) is 5.15. The van der Waals surface area contributed by atoms with Crippen LogP contribution in [0, 0.1) is 5.92 Å². The van der Waals surface area contributed by atoms with Crippen molar-refractivity contribution in [2.24, 2.45) is 5.92 Å². The number of rotatable bonds is 11. The largest absolute Gasteiger partial charge is 0.492 e. The highest BCUT2D eigenvalue weighted by atomic mass is 32.2. The van der Waals surface area contributed by atoms with Gasteiger partial charge in [-0.15, -0.1) is 0 Å². The van der Waals surface area contributed by atoms with Gasteiger partial charge < -0.3 is 9.64 Å². The van der Waals surface area contributed by atoms with E-state index in [9.17, 15) is 4.79 Å². The Labute approximate surface area is 145 Å². The van der Waals surface area contributed by atoms with Gasteiger partial charge >= 0.3 is 0 Å². The van der Waals surface area contributed by atoms with Gasteiger partial charge in [-0.2, -0.15) is 11.8 Å². The molecule has 0 fully saturated rings. The van der Waals surface area contributed by atoms with E-state index >= 15 is 0 Å². The van der Waals surface area contributed by atoms with Crippen molar-refractivity contribution < 1.29 is 9.53 Å². The summed E-state index contributed by atoms with van der Waals surface area (Å²) in [7, 11) is 4.07. The van der Waals surface area contributed by atoms with Crippen LogP contribution < -0.4 is 4.74 Å². The minimum absolute atomic E-state index is 0.156. The van der Waals surface area contributed by atoms with E-state index in [0.29, 0.717) is 18.8 Å². The van der Waals surface area contributed by atoms with Crippen LogP contribution >= 0.6 is 11.8 Å². The number of ether oxygens (including phenoxy) is 1. The van der Waals surface area contributed by atoms with E-state index in [4.69, 9.17) is 4.74 Å². The Bertz CT molecular complexity index is 459. The van der Waals surface area contributed by atoms with Crippen LogP contribution in [0.4, 0.5) is 0 Å². The van der Waals surface area contributed by atoms with Gasteiger partial charge in [-0.3, -0.25) is 4.79 Å². The van der Waals surface area contributed by atoms with Gasteiger partial charge in [0, 0.05) is 24.1 Å². The lowest BCUT2D eigenvalue weighted by molar-refractivity contribution is -0.122. The van der Waals surface area contributed by atoms with E-state index in [1.165, 1.54) is 5.56 Å². The summed E-state index contributed by atoms with van der Waals surface area (Å²) in [4.78, 5) is 14.4. The SMILES string of the molecule is CCSC(CC(=O)C(C)CC)c1ccc(OCCN(C)C)cc1. The molecule has 0 N–H and O–H groups in total. The predicted molar refractivity (Wildman–Crippen MR) is 100 cm³/mol. The molecule has 0 aliphatic heterocycles. The van der Waals surface area contributed by atoms with Gasteiger partial charge in [-0.05, 0) is 44.0 Å². The van der Waals surface area contributed by atoms with E-state index in [0.717, 1.165) is 24.5 Å². The molecule has 3 nitrogen and oxygen atoms in total. The topological polar surface area (TPSA) is 29.5 Å². The molecular weight excluding hydrogens is 306 g/mol. The van der Waals surface area contributed by atoms with E-state index in [1.54, 1.807) is 0 Å².